The number of rotatable bonds is 1. The van der Waals surface area contributed by atoms with Gasteiger partial charge in [0.1, 0.15) is 10.7 Å². The molecule has 2 rings (SSSR count). The molecular formula is C14H8F6S. The first-order valence-electron chi connectivity index (χ1n) is 5.56. The summed E-state index contributed by atoms with van der Waals surface area (Å²) in [5, 5.41) is 0. The largest absolute Gasteiger partial charge is 0.310 e. The van der Waals surface area contributed by atoms with Crippen molar-refractivity contribution in [2.75, 3.05) is 0 Å². The zero-order valence-corrected chi connectivity index (χ0v) is 11.1. The van der Waals surface area contributed by atoms with Gasteiger partial charge in [-0.25, -0.2) is 4.39 Å². The lowest BCUT2D eigenvalue weighted by Crippen LogP contribution is -2.05. The molecule has 112 valence electrons. The van der Waals surface area contributed by atoms with Crippen molar-refractivity contribution in [1.82, 2.24) is 0 Å². The highest BCUT2D eigenvalue weighted by molar-refractivity contribution is 8.45. The predicted octanol–water partition coefficient (Wildman–Crippen LogP) is 5.88. The minimum absolute atomic E-state index is 0.143. The maximum atomic E-state index is 12.7. The van der Waals surface area contributed by atoms with Crippen LogP contribution in [0, 0.1) is 17.7 Å². The van der Waals surface area contributed by atoms with Gasteiger partial charge in [-0.3, -0.25) is 0 Å². The Hall–Kier alpha value is -2.07. The molecular weight excluding hydrogens is 314 g/mol. The van der Waals surface area contributed by atoms with Gasteiger partial charge in [-0.15, -0.1) is 0 Å². The summed E-state index contributed by atoms with van der Waals surface area (Å²) in [4.78, 5) is -1.96. The molecule has 0 atom stereocenters. The molecule has 0 amide bonds. The van der Waals surface area contributed by atoms with Crippen molar-refractivity contribution >= 4 is 10.2 Å². The second-order valence-corrected chi connectivity index (χ2v) is 6.66. The van der Waals surface area contributed by atoms with Crippen molar-refractivity contribution in [3.8, 4) is 11.8 Å². The third-order valence-electron chi connectivity index (χ3n) is 2.50. The van der Waals surface area contributed by atoms with E-state index in [1.165, 1.54) is 24.3 Å². The van der Waals surface area contributed by atoms with Crippen LogP contribution in [0.5, 0.6) is 0 Å². The van der Waals surface area contributed by atoms with Crippen molar-refractivity contribution in [3.05, 3.63) is 65.5 Å². The maximum absolute atomic E-state index is 12.7. The second-order valence-electron chi connectivity index (χ2n) is 4.25. The molecule has 0 unspecified atom stereocenters. The Morgan fingerprint density at radius 1 is 0.619 bits per heavy atom. The molecule has 0 aliphatic rings. The SMILES string of the molecule is Fc1ccc(C#Cc2ccc(S(F)(F)(F)(F)F)cc2)cc1. The van der Waals surface area contributed by atoms with Gasteiger partial charge in [0.25, 0.3) is 0 Å². The highest BCUT2D eigenvalue weighted by Gasteiger charge is 2.65. The van der Waals surface area contributed by atoms with Crippen LogP contribution in [0.15, 0.2) is 53.4 Å². The van der Waals surface area contributed by atoms with Crippen LogP contribution in [-0.2, 0) is 0 Å². The Morgan fingerprint density at radius 2 is 1.00 bits per heavy atom. The van der Waals surface area contributed by atoms with Gasteiger partial charge in [0.2, 0.25) is 0 Å². The molecule has 0 fully saturated rings. The van der Waals surface area contributed by atoms with Crippen LogP contribution in [0.4, 0.5) is 23.8 Å². The van der Waals surface area contributed by atoms with E-state index in [4.69, 9.17) is 0 Å². The fourth-order valence-electron chi connectivity index (χ4n) is 1.47. The molecule has 0 heterocycles. The first kappa shape index (κ1) is 15.3. The molecule has 2 aromatic carbocycles. The minimum atomic E-state index is -9.64. The monoisotopic (exact) mass is 322 g/mol. The summed E-state index contributed by atoms with van der Waals surface area (Å²) >= 11 is 0. The summed E-state index contributed by atoms with van der Waals surface area (Å²) in [5.41, 5.74) is 0.595. The molecule has 0 saturated heterocycles. The molecule has 7 heteroatoms. The van der Waals surface area contributed by atoms with E-state index in [2.05, 4.69) is 11.8 Å². The minimum Gasteiger partial charge on any atom is -0.207 e. The average molecular weight is 322 g/mol. The second kappa shape index (κ2) is 4.21. The van der Waals surface area contributed by atoms with Gasteiger partial charge in [-0.2, -0.15) is 0 Å². The summed E-state index contributed by atoms with van der Waals surface area (Å²) in [7, 11) is -9.64. The van der Waals surface area contributed by atoms with E-state index in [1.54, 1.807) is 0 Å². The third kappa shape index (κ3) is 4.20. The summed E-state index contributed by atoms with van der Waals surface area (Å²) in [6.45, 7) is 0. The van der Waals surface area contributed by atoms with E-state index in [-0.39, 0.29) is 5.56 Å². The Labute approximate surface area is 117 Å². The molecule has 0 aliphatic carbocycles. The number of halogens is 6. The first-order chi connectivity index (χ1) is 9.44. The molecule has 0 saturated carbocycles. The zero-order chi connectivity index (χ0) is 15.8. The van der Waals surface area contributed by atoms with E-state index >= 15 is 0 Å². The summed E-state index contributed by atoms with van der Waals surface area (Å²) in [6.07, 6.45) is 0. The number of benzene rings is 2. The standard InChI is InChI=1S/C14H8F6S/c15-13-7-3-11(4-8-13)1-2-12-5-9-14(10-6-12)21(16,17,18,19)20/h3-10H. The topological polar surface area (TPSA) is 0 Å². The molecule has 0 nitrogen and oxygen atoms in total. The molecule has 0 aromatic heterocycles. The average Bonchev–Trinajstić information content (AvgIpc) is 2.36. The molecule has 0 aliphatic heterocycles. The normalized spacial score (nSPS) is 14.6. The quantitative estimate of drug-likeness (QED) is 0.454. The van der Waals surface area contributed by atoms with E-state index < -0.39 is 20.9 Å². The number of hydrogen-bond donors (Lipinski definition) is 0. The van der Waals surface area contributed by atoms with Gasteiger partial charge in [-0.1, -0.05) is 31.3 Å². The van der Waals surface area contributed by atoms with Gasteiger partial charge in [0, 0.05) is 11.1 Å². The Kier molecular flexibility index (Phi) is 3.07. The Balaban J connectivity index is 2.28. The third-order valence-corrected chi connectivity index (χ3v) is 3.66. The van der Waals surface area contributed by atoms with Crippen molar-refractivity contribution < 1.29 is 23.8 Å². The van der Waals surface area contributed by atoms with E-state index in [1.807, 2.05) is 0 Å². The Bertz CT molecular complexity index is 718. The fourth-order valence-corrected chi connectivity index (χ4v) is 2.12. The lowest BCUT2D eigenvalue weighted by Gasteiger charge is -2.40. The van der Waals surface area contributed by atoms with E-state index in [9.17, 15) is 23.8 Å². The van der Waals surface area contributed by atoms with Crippen molar-refractivity contribution in [3.63, 3.8) is 0 Å². The van der Waals surface area contributed by atoms with Gasteiger partial charge in [-0.05, 0) is 48.5 Å². The van der Waals surface area contributed by atoms with E-state index in [0.717, 1.165) is 12.1 Å². The van der Waals surface area contributed by atoms with Crippen molar-refractivity contribution in [1.29, 1.82) is 0 Å². The summed E-state index contributed by atoms with van der Waals surface area (Å²) in [5.74, 6) is 4.66. The van der Waals surface area contributed by atoms with Crippen molar-refractivity contribution in [2.24, 2.45) is 0 Å². The summed E-state index contributed by atoms with van der Waals surface area (Å²) < 4.78 is 75.1. The molecule has 0 bridgehead atoms. The zero-order valence-electron chi connectivity index (χ0n) is 10.3. The van der Waals surface area contributed by atoms with Crippen LogP contribution in [0.2, 0.25) is 0 Å². The van der Waals surface area contributed by atoms with Crippen molar-refractivity contribution in [2.45, 2.75) is 4.90 Å². The molecule has 0 spiro atoms. The van der Waals surface area contributed by atoms with E-state index in [0.29, 0.717) is 17.7 Å². The fraction of sp³-hybridized carbons (Fsp3) is 0. The van der Waals surface area contributed by atoms with Gasteiger partial charge >= 0.3 is 10.2 Å². The van der Waals surface area contributed by atoms with Crippen LogP contribution < -0.4 is 0 Å². The van der Waals surface area contributed by atoms with Crippen LogP contribution >= 0.6 is 10.2 Å². The first-order valence-corrected chi connectivity index (χ1v) is 7.51. The van der Waals surface area contributed by atoms with Crippen LogP contribution in [0.1, 0.15) is 11.1 Å². The summed E-state index contributed by atoms with van der Waals surface area (Å²) in [6, 6.07) is 7.49. The molecule has 21 heavy (non-hydrogen) atoms. The molecule has 0 N–H and O–H groups in total. The smallest absolute Gasteiger partial charge is 0.207 e. The van der Waals surface area contributed by atoms with Gasteiger partial charge in [0.05, 0.1) is 0 Å². The van der Waals surface area contributed by atoms with Gasteiger partial charge in [0.15, 0.2) is 0 Å². The number of hydrogen-bond acceptors (Lipinski definition) is 0. The molecule has 2 aromatic rings. The highest BCUT2D eigenvalue weighted by atomic mass is 32.5. The van der Waals surface area contributed by atoms with Crippen LogP contribution in [0.25, 0.3) is 0 Å². The highest BCUT2D eigenvalue weighted by Crippen LogP contribution is 3.02. The van der Waals surface area contributed by atoms with Crippen LogP contribution in [0.3, 0.4) is 0 Å². The maximum Gasteiger partial charge on any atom is 0.310 e. The molecule has 0 radical (unpaired) electrons. The lowest BCUT2D eigenvalue weighted by molar-refractivity contribution is 0.364. The predicted molar refractivity (Wildman–Crippen MR) is 70.2 cm³/mol. The Morgan fingerprint density at radius 3 is 1.38 bits per heavy atom. The lowest BCUT2D eigenvalue weighted by atomic mass is 10.2. The van der Waals surface area contributed by atoms with Crippen LogP contribution in [-0.4, -0.2) is 0 Å². The van der Waals surface area contributed by atoms with Gasteiger partial charge < -0.3 is 0 Å².